The average molecular weight is 297 g/mol. The smallest absolute Gasteiger partial charge is 0.325 e. The summed E-state index contributed by atoms with van der Waals surface area (Å²) in [5.74, 6) is -1.50. The number of carboxylic acid groups (broad SMARTS) is 1. The monoisotopic (exact) mass is 295 g/mol. The molecule has 15 heavy (non-hydrogen) atoms. The Balaban J connectivity index is 3.00. The molecule has 0 spiro atoms. The van der Waals surface area contributed by atoms with Crippen LogP contribution < -0.4 is 5.32 Å². The molecule has 0 aliphatic rings. The maximum Gasteiger partial charge on any atom is 0.325 e. The van der Waals surface area contributed by atoms with E-state index in [0.29, 0.717) is 10.2 Å². The van der Waals surface area contributed by atoms with Crippen LogP contribution in [0.2, 0.25) is 5.02 Å². The first-order valence-electron chi connectivity index (χ1n) is 4.05. The van der Waals surface area contributed by atoms with E-state index in [0.717, 1.165) is 6.07 Å². The summed E-state index contributed by atoms with van der Waals surface area (Å²) in [5.41, 5.74) is 0.368. The molecule has 82 valence electrons. The number of anilines is 1. The lowest BCUT2D eigenvalue weighted by Crippen LogP contribution is -2.25. The lowest BCUT2D eigenvalue weighted by Gasteiger charge is -2.13. The van der Waals surface area contributed by atoms with Crippen LogP contribution in [0.25, 0.3) is 0 Å². The number of hydrogen-bond donors (Lipinski definition) is 2. The Morgan fingerprint density at radius 2 is 2.27 bits per heavy atom. The Bertz CT molecular complexity index is 377. The lowest BCUT2D eigenvalue weighted by atomic mass is 10.2. The first-order valence-corrected chi connectivity index (χ1v) is 5.23. The summed E-state index contributed by atoms with van der Waals surface area (Å²) in [5, 5.41) is 11.5. The van der Waals surface area contributed by atoms with Crippen molar-refractivity contribution in [1.29, 1.82) is 0 Å². The van der Waals surface area contributed by atoms with Crippen LogP contribution in [0.15, 0.2) is 16.6 Å². The van der Waals surface area contributed by atoms with E-state index < -0.39 is 17.8 Å². The van der Waals surface area contributed by atoms with E-state index in [2.05, 4.69) is 21.2 Å². The molecule has 0 aliphatic carbocycles. The number of halogens is 3. The Morgan fingerprint density at radius 1 is 1.67 bits per heavy atom. The average Bonchev–Trinajstić information content (AvgIpc) is 2.10. The van der Waals surface area contributed by atoms with Gasteiger partial charge in [0.05, 0.1) is 10.7 Å². The van der Waals surface area contributed by atoms with Gasteiger partial charge < -0.3 is 10.4 Å². The third-order valence-electron chi connectivity index (χ3n) is 1.74. The number of carboxylic acids is 1. The quantitative estimate of drug-likeness (QED) is 0.901. The molecule has 0 aromatic heterocycles. The van der Waals surface area contributed by atoms with Crippen LogP contribution in [0.4, 0.5) is 10.1 Å². The van der Waals surface area contributed by atoms with Crippen LogP contribution in [0.3, 0.4) is 0 Å². The number of carbonyl (C=O) groups is 1. The van der Waals surface area contributed by atoms with E-state index >= 15 is 0 Å². The molecule has 0 bridgehead atoms. The molecular formula is C9H8BrClFNO2. The van der Waals surface area contributed by atoms with Crippen LogP contribution in [-0.4, -0.2) is 17.1 Å². The summed E-state index contributed by atoms with van der Waals surface area (Å²) in [6.45, 7) is 1.47. The van der Waals surface area contributed by atoms with Gasteiger partial charge in [-0.05, 0) is 35.0 Å². The third-order valence-corrected chi connectivity index (χ3v) is 2.66. The van der Waals surface area contributed by atoms with Crippen molar-refractivity contribution >= 4 is 39.2 Å². The molecular weight excluding hydrogens is 288 g/mol. The van der Waals surface area contributed by atoms with Crippen LogP contribution in [-0.2, 0) is 4.79 Å². The predicted molar refractivity (Wildman–Crippen MR) is 59.8 cm³/mol. The highest BCUT2D eigenvalue weighted by molar-refractivity contribution is 9.10. The van der Waals surface area contributed by atoms with Gasteiger partial charge in [-0.15, -0.1) is 0 Å². The summed E-state index contributed by atoms with van der Waals surface area (Å²) in [6.07, 6.45) is 0. The van der Waals surface area contributed by atoms with Crippen molar-refractivity contribution in [3.8, 4) is 0 Å². The fourth-order valence-electron chi connectivity index (χ4n) is 0.958. The van der Waals surface area contributed by atoms with Crippen molar-refractivity contribution in [2.24, 2.45) is 0 Å². The van der Waals surface area contributed by atoms with Crippen molar-refractivity contribution in [1.82, 2.24) is 0 Å². The SMILES string of the molecule is CC(Nc1c(Cl)cc(F)cc1Br)C(=O)O. The van der Waals surface area contributed by atoms with Crippen LogP contribution in [0, 0.1) is 5.82 Å². The fourth-order valence-corrected chi connectivity index (χ4v) is 1.88. The highest BCUT2D eigenvalue weighted by atomic mass is 79.9. The predicted octanol–water partition coefficient (Wildman–Crippen LogP) is 3.13. The van der Waals surface area contributed by atoms with E-state index in [1.807, 2.05) is 0 Å². The Morgan fingerprint density at radius 3 is 2.73 bits per heavy atom. The van der Waals surface area contributed by atoms with E-state index in [1.165, 1.54) is 13.0 Å². The molecule has 1 aromatic rings. The Kier molecular flexibility index (Phi) is 3.93. The maximum atomic E-state index is 12.8. The molecule has 3 nitrogen and oxygen atoms in total. The molecule has 6 heteroatoms. The molecule has 0 saturated carbocycles. The molecule has 0 heterocycles. The minimum Gasteiger partial charge on any atom is -0.480 e. The van der Waals surface area contributed by atoms with E-state index in [-0.39, 0.29) is 5.02 Å². The molecule has 1 unspecified atom stereocenters. The van der Waals surface area contributed by atoms with Gasteiger partial charge in [-0.25, -0.2) is 4.39 Å². The van der Waals surface area contributed by atoms with Gasteiger partial charge >= 0.3 is 5.97 Å². The summed E-state index contributed by atoms with van der Waals surface area (Å²) < 4.78 is 13.2. The summed E-state index contributed by atoms with van der Waals surface area (Å²) in [4.78, 5) is 10.6. The van der Waals surface area contributed by atoms with Gasteiger partial charge in [0.2, 0.25) is 0 Å². The number of rotatable bonds is 3. The van der Waals surface area contributed by atoms with E-state index in [4.69, 9.17) is 16.7 Å². The molecule has 0 aliphatic heterocycles. The molecule has 0 fully saturated rings. The van der Waals surface area contributed by atoms with Crippen LogP contribution in [0.5, 0.6) is 0 Å². The van der Waals surface area contributed by atoms with Gasteiger partial charge in [0.25, 0.3) is 0 Å². The highest BCUT2D eigenvalue weighted by Gasteiger charge is 2.15. The normalized spacial score (nSPS) is 12.3. The van der Waals surface area contributed by atoms with Crippen LogP contribution >= 0.6 is 27.5 Å². The molecule has 0 saturated heterocycles. The minimum absolute atomic E-state index is 0.134. The van der Waals surface area contributed by atoms with Crippen LogP contribution in [0.1, 0.15) is 6.92 Å². The fraction of sp³-hybridized carbons (Fsp3) is 0.222. The van der Waals surface area contributed by atoms with Crippen molar-refractivity contribution in [3.63, 3.8) is 0 Å². The molecule has 1 aromatic carbocycles. The minimum atomic E-state index is -1.01. The Hall–Kier alpha value is -0.810. The summed E-state index contributed by atoms with van der Waals surface area (Å²) >= 11 is 8.85. The first-order chi connectivity index (χ1) is 6.91. The standard InChI is InChI=1S/C9H8BrClFNO2/c1-4(9(14)15)13-8-6(10)2-5(12)3-7(8)11/h2-4,13H,1H3,(H,14,15). The van der Waals surface area contributed by atoms with E-state index in [1.54, 1.807) is 0 Å². The second-order valence-corrected chi connectivity index (χ2v) is 4.21. The Labute approximate surface area is 99.4 Å². The van der Waals surface area contributed by atoms with Gasteiger partial charge in [0, 0.05) is 4.47 Å². The second-order valence-electron chi connectivity index (χ2n) is 2.95. The summed E-state index contributed by atoms with van der Waals surface area (Å²) in [7, 11) is 0. The van der Waals surface area contributed by atoms with Crippen molar-refractivity contribution in [3.05, 3.63) is 27.4 Å². The number of benzene rings is 1. The first kappa shape index (κ1) is 12.3. The molecule has 0 radical (unpaired) electrons. The van der Waals surface area contributed by atoms with Gasteiger partial charge in [0.1, 0.15) is 11.9 Å². The largest absolute Gasteiger partial charge is 0.480 e. The van der Waals surface area contributed by atoms with Crippen molar-refractivity contribution in [2.45, 2.75) is 13.0 Å². The van der Waals surface area contributed by atoms with E-state index in [9.17, 15) is 9.18 Å². The topological polar surface area (TPSA) is 49.3 Å². The van der Waals surface area contributed by atoms with Gasteiger partial charge in [-0.1, -0.05) is 11.6 Å². The third kappa shape index (κ3) is 3.07. The maximum absolute atomic E-state index is 12.8. The van der Waals surface area contributed by atoms with Gasteiger partial charge in [0.15, 0.2) is 0 Å². The van der Waals surface area contributed by atoms with Gasteiger partial charge in [-0.3, -0.25) is 4.79 Å². The second kappa shape index (κ2) is 4.81. The zero-order valence-electron chi connectivity index (χ0n) is 7.72. The zero-order chi connectivity index (χ0) is 11.6. The number of aliphatic carboxylic acids is 1. The van der Waals surface area contributed by atoms with Crippen molar-refractivity contribution in [2.75, 3.05) is 5.32 Å². The molecule has 2 N–H and O–H groups in total. The number of hydrogen-bond acceptors (Lipinski definition) is 2. The molecule has 0 amide bonds. The molecule has 1 rings (SSSR count). The van der Waals surface area contributed by atoms with Gasteiger partial charge in [-0.2, -0.15) is 0 Å². The highest BCUT2D eigenvalue weighted by Crippen LogP contribution is 2.32. The summed E-state index contributed by atoms with van der Waals surface area (Å²) in [6, 6.07) is 1.52. The lowest BCUT2D eigenvalue weighted by molar-refractivity contribution is -0.137. The van der Waals surface area contributed by atoms with Crippen molar-refractivity contribution < 1.29 is 14.3 Å². The zero-order valence-corrected chi connectivity index (χ0v) is 10.1. The number of nitrogens with one attached hydrogen (secondary N) is 1. The molecule has 1 atom stereocenters.